The van der Waals surface area contributed by atoms with E-state index in [1.165, 1.54) is 11.6 Å². The summed E-state index contributed by atoms with van der Waals surface area (Å²) in [4.78, 5) is 24.1. The first-order valence-corrected chi connectivity index (χ1v) is 10.0. The van der Waals surface area contributed by atoms with E-state index in [0.29, 0.717) is 17.0 Å². The molecule has 4 N–H and O–H groups in total. The number of anilines is 1. The minimum absolute atomic E-state index is 0.0781. The molecule has 0 aliphatic rings. The van der Waals surface area contributed by atoms with Gasteiger partial charge in [-0.25, -0.2) is 10.3 Å². The van der Waals surface area contributed by atoms with Crippen LogP contribution < -0.4 is 15.5 Å². The lowest BCUT2D eigenvalue weighted by molar-refractivity contribution is -0.124. The average molecular weight is 436 g/mol. The molecular weight excluding hydrogens is 412 g/mol. The zero-order valence-electron chi connectivity index (χ0n) is 17.2. The van der Waals surface area contributed by atoms with E-state index in [2.05, 4.69) is 5.32 Å². The van der Waals surface area contributed by atoms with Crippen LogP contribution in [0, 0.1) is 0 Å². The molecule has 2 amide bonds. The van der Waals surface area contributed by atoms with E-state index in [1.807, 2.05) is 36.4 Å². The van der Waals surface area contributed by atoms with Crippen molar-refractivity contribution in [3.05, 3.63) is 84.4 Å². The molecule has 0 saturated carbocycles. The van der Waals surface area contributed by atoms with E-state index in [1.54, 1.807) is 30.3 Å². The molecule has 8 nitrogen and oxygen atoms in total. The van der Waals surface area contributed by atoms with E-state index in [4.69, 9.17) is 19.8 Å². The topological polar surface area (TPSA) is 117 Å². The highest BCUT2D eigenvalue weighted by Crippen LogP contribution is 2.31. The van der Waals surface area contributed by atoms with Crippen LogP contribution in [0.5, 0.6) is 5.75 Å². The lowest BCUT2D eigenvalue weighted by atomic mass is 10.0. The molecule has 0 saturated heterocycles. The van der Waals surface area contributed by atoms with Crippen LogP contribution in [0.4, 0.5) is 10.5 Å². The normalized spacial score (nSPS) is 11.8. The molecule has 166 valence electrons. The van der Waals surface area contributed by atoms with Gasteiger partial charge in [-0.1, -0.05) is 60.7 Å². The van der Waals surface area contributed by atoms with Gasteiger partial charge in [0.15, 0.2) is 0 Å². The van der Waals surface area contributed by atoms with Crippen LogP contribution in [0.25, 0.3) is 10.8 Å². The van der Waals surface area contributed by atoms with Crippen molar-refractivity contribution in [1.82, 2.24) is 5.48 Å². The number of benzene rings is 3. The number of hydroxylamine groups is 1. The summed E-state index contributed by atoms with van der Waals surface area (Å²) in [7, 11) is 0. The highest BCUT2D eigenvalue weighted by atomic mass is 16.6. The summed E-state index contributed by atoms with van der Waals surface area (Å²) < 4.78 is 11.3. The van der Waals surface area contributed by atoms with Crippen molar-refractivity contribution >= 4 is 28.5 Å². The number of carbonyl (C=O) groups is 2. The van der Waals surface area contributed by atoms with Gasteiger partial charge >= 0.3 is 6.09 Å². The van der Waals surface area contributed by atoms with Crippen LogP contribution in [0.1, 0.15) is 18.1 Å². The third-order valence-electron chi connectivity index (χ3n) is 4.62. The summed E-state index contributed by atoms with van der Waals surface area (Å²) >= 11 is 0. The summed E-state index contributed by atoms with van der Waals surface area (Å²) in [5, 5.41) is 22.4. The van der Waals surface area contributed by atoms with Crippen molar-refractivity contribution in [2.75, 3.05) is 18.5 Å². The van der Waals surface area contributed by atoms with Crippen LogP contribution in [-0.2, 0) is 9.53 Å². The van der Waals surface area contributed by atoms with Crippen LogP contribution in [0.2, 0.25) is 0 Å². The lowest BCUT2D eigenvalue weighted by Crippen LogP contribution is -2.19. The van der Waals surface area contributed by atoms with Crippen molar-refractivity contribution in [2.45, 2.75) is 12.5 Å². The third kappa shape index (κ3) is 6.07. The van der Waals surface area contributed by atoms with Gasteiger partial charge in [-0.05, 0) is 17.5 Å². The van der Waals surface area contributed by atoms with Gasteiger partial charge in [-0.15, -0.1) is 0 Å². The van der Waals surface area contributed by atoms with Crippen LogP contribution in [0.15, 0.2) is 78.9 Å². The molecule has 32 heavy (non-hydrogen) atoms. The van der Waals surface area contributed by atoms with Gasteiger partial charge in [-0.3, -0.25) is 15.3 Å². The van der Waals surface area contributed by atoms with Crippen molar-refractivity contribution in [3.8, 4) is 5.75 Å². The number of aliphatic hydroxyl groups is 1. The zero-order valence-corrected chi connectivity index (χ0v) is 17.2. The van der Waals surface area contributed by atoms with Crippen LogP contribution >= 0.6 is 0 Å². The van der Waals surface area contributed by atoms with Gasteiger partial charge in [-0.2, -0.15) is 0 Å². The Kier molecular flexibility index (Phi) is 8.19. The second kappa shape index (κ2) is 11.5. The number of carbonyl (C=O) groups excluding carboxylic acids is 2. The standard InChI is InChI=1S/C24H24N2O6/c27-15-16-31-21-12-4-3-10-19(21)22(13-6-14-23(28)26-30)32-24(29)25-20-11-5-8-17-7-1-2-9-18(17)20/h1-12,14,22,27,30H,13,15-16H2,(H,25,29)(H,26,28)/b14-6+/t22-/m1/s1. The summed E-state index contributed by atoms with van der Waals surface area (Å²) in [6.45, 7) is -0.0906. The predicted molar refractivity (Wildman–Crippen MR) is 120 cm³/mol. The van der Waals surface area contributed by atoms with Crippen molar-refractivity contribution in [3.63, 3.8) is 0 Å². The van der Waals surface area contributed by atoms with Gasteiger partial charge in [0.2, 0.25) is 0 Å². The minimum Gasteiger partial charge on any atom is -0.491 e. The fourth-order valence-corrected chi connectivity index (χ4v) is 3.21. The molecule has 0 radical (unpaired) electrons. The Morgan fingerprint density at radius 2 is 1.75 bits per heavy atom. The Balaban J connectivity index is 1.82. The van der Waals surface area contributed by atoms with E-state index in [-0.39, 0.29) is 19.6 Å². The third-order valence-corrected chi connectivity index (χ3v) is 4.62. The number of fused-ring (bicyclic) bond motifs is 1. The quantitative estimate of drug-likeness (QED) is 0.229. The van der Waals surface area contributed by atoms with Gasteiger partial charge in [0.25, 0.3) is 5.91 Å². The number of hydrogen-bond donors (Lipinski definition) is 4. The lowest BCUT2D eigenvalue weighted by Gasteiger charge is -2.20. The number of hydrogen-bond acceptors (Lipinski definition) is 6. The summed E-state index contributed by atoms with van der Waals surface area (Å²) in [6, 6.07) is 20.2. The first-order chi connectivity index (χ1) is 15.6. The van der Waals surface area contributed by atoms with E-state index < -0.39 is 18.1 Å². The first kappa shape index (κ1) is 22.8. The fourth-order valence-electron chi connectivity index (χ4n) is 3.21. The molecule has 0 aliphatic heterocycles. The number of nitrogens with one attached hydrogen (secondary N) is 2. The van der Waals surface area contributed by atoms with Crippen molar-refractivity contribution < 1.29 is 29.4 Å². The highest BCUT2D eigenvalue weighted by Gasteiger charge is 2.20. The fraction of sp³-hybridized carbons (Fsp3) is 0.167. The van der Waals surface area contributed by atoms with Crippen molar-refractivity contribution in [2.24, 2.45) is 0 Å². The maximum absolute atomic E-state index is 12.8. The molecule has 8 heteroatoms. The molecule has 0 unspecified atom stereocenters. The summed E-state index contributed by atoms with van der Waals surface area (Å²) in [5.74, 6) is -0.252. The molecule has 3 aromatic rings. The molecule has 0 heterocycles. The minimum atomic E-state index is -0.789. The first-order valence-electron chi connectivity index (χ1n) is 10.0. The molecule has 0 aromatic heterocycles. The van der Waals surface area contributed by atoms with Crippen LogP contribution in [-0.4, -0.2) is 35.5 Å². The Morgan fingerprint density at radius 1 is 1.00 bits per heavy atom. The Hall–Kier alpha value is -3.88. The molecule has 3 aromatic carbocycles. The average Bonchev–Trinajstić information content (AvgIpc) is 2.82. The maximum Gasteiger partial charge on any atom is 0.412 e. The van der Waals surface area contributed by atoms with E-state index in [0.717, 1.165) is 16.8 Å². The van der Waals surface area contributed by atoms with Gasteiger partial charge in [0, 0.05) is 23.4 Å². The molecule has 3 rings (SSSR count). The number of para-hydroxylation sites is 1. The molecule has 0 fully saturated rings. The maximum atomic E-state index is 12.8. The molecule has 1 atom stereocenters. The van der Waals surface area contributed by atoms with Gasteiger partial charge in [0.1, 0.15) is 18.5 Å². The Morgan fingerprint density at radius 3 is 2.56 bits per heavy atom. The Bertz CT molecular complexity index is 1090. The van der Waals surface area contributed by atoms with E-state index >= 15 is 0 Å². The highest BCUT2D eigenvalue weighted by molar-refractivity contribution is 6.00. The number of ether oxygens (including phenoxy) is 2. The predicted octanol–water partition coefficient (Wildman–Crippen LogP) is 3.95. The summed E-state index contributed by atoms with van der Waals surface area (Å²) in [5.41, 5.74) is 2.69. The van der Waals surface area contributed by atoms with Gasteiger partial charge in [0.05, 0.1) is 12.3 Å². The smallest absolute Gasteiger partial charge is 0.412 e. The summed E-state index contributed by atoms with van der Waals surface area (Å²) in [6.07, 6.45) is 1.29. The molecule has 0 aliphatic carbocycles. The molecular formula is C24H24N2O6. The Labute approximate surface area is 185 Å². The molecule has 0 spiro atoms. The van der Waals surface area contributed by atoms with E-state index in [9.17, 15) is 9.59 Å². The number of amides is 2. The van der Waals surface area contributed by atoms with Gasteiger partial charge < -0.3 is 14.6 Å². The SMILES string of the molecule is O=C(/C=C/C[C@@H](OC(=O)Nc1cccc2ccccc12)c1ccccc1OCCO)NO. The monoisotopic (exact) mass is 436 g/mol. The van der Waals surface area contributed by atoms with Crippen LogP contribution in [0.3, 0.4) is 0 Å². The second-order valence-corrected chi connectivity index (χ2v) is 6.77. The zero-order chi connectivity index (χ0) is 22.8. The number of aliphatic hydroxyl groups excluding tert-OH is 1. The second-order valence-electron chi connectivity index (χ2n) is 6.77. The number of rotatable bonds is 9. The largest absolute Gasteiger partial charge is 0.491 e. The molecule has 0 bridgehead atoms. The van der Waals surface area contributed by atoms with Crippen molar-refractivity contribution in [1.29, 1.82) is 0 Å².